The van der Waals surface area contributed by atoms with Gasteiger partial charge in [0, 0.05) is 13.0 Å². The third kappa shape index (κ3) is 4.68. The number of carbonyl (C=O) groups is 3. The summed E-state index contributed by atoms with van der Waals surface area (Å²) in [6, 6.07) is 6.61. The number of carbonyl (C=O) groups excluding carboxylic acids is 3. The van der Waals surface area contributed by atoms with Gasteiger partial charge in [-0.25, -0.2) is 0 Å². The van der Waals surface area contributed by atoms with E-state index in [1.54, 1.807) is 31.2 Å². The van der Waals surface area contributed by atoms with Crippen molar-refractivity contribution in [1.29, 1.82) is 0 Å². The Labute approximate surface area is 162 Å². The molecule has 0 saturated heterocycles. The number of benzene rings is 1. The molecule has 0 spiro atoms. The van der Waals surface area contributed by atoms with Crippen molar-refractivity contribution < 1.29 is 19.1 Å². The topological polar surface area (TPSA) is 84.5 Å². The van der Waals surface area contributed by atoms with Gasteiger partial charge in [0.2, 0.25) is 0 Å². The SMILES string of the molecule is CC(C)CNC(=O)c1ccccc1NC(=O)COC(=O)[C@]1(C)CC1(Cl)Cl. The molecule has 1 aromatic carbocycles. The molecular weight excluding hydrogens is 379 g/mol. The number of alkyl halides is 2. The van der Waals surface area contributed by atoms with Gasteiger partial charge in [-0.05, 0) is 25.0 Å². The van der Waals surface area contributed by atoms with Gasteiger partial charge >= 0.3 is 5.97 Å². The van der Waals surface area contributed by atoms with Crippen LogP contribution in [0.4, 0.5) is 5.69 Å². The van der Waals surface area contributed by atoms with Gasteiger partial charge < -0.3 is 15.4 Å². The second-order valence-electron chi connectivity index (χ2n) is 6.99. The molecule has 2 amide bonds. The van der Waals surface area contributed by atoms with Gasteiger partial charge in [0.05, 0.1) is 11.3 Å². The molecule has 2 rings (SSSR count). The van der Waals surface area contributed by atoms with E-state index in [4.69, 9.17) is 27.9 Å². The fourth-order valence-corrected chi connectivity index (χ4v) is 2.97. The van der Waals surface area contributed by atoms with E-state index >= 15 is 0 Å². The van der Waals surface area contributed by atoms with E-state index < -0.39 is 28.2 Å². The first kappa shape index (κ1) is 20.5. The molecule has 1 saturated carbocycles. The molecule has 1 aromatic rings. The number of nitrogens with one attached hydrogen (secondary N) is 2. The predicted molar refractivity (Wildman–Crippen MR) is 100 cm³/mol. The van der Waals surface area contributed by atoms with Crippen molar-refractivity contribution in [2.24, 2.45) is 11.3 Å². The van der Waals surface area contributed by atoms with E-state index in [-0.39, 0.29) is 12.3 Å². The van der Waals surface area contributed by atoms with Crippen LogP contribution < -0.4 is 10.6 Å². The van der Waals surface area contributed by atoms with Crippen molar-refractivity contribution >= 4 is 46.7 Å². The molecule has 0 aliphatic heterocycles. The second-order valence-corrected chi connectivity index (χ2v) is 8.47. The fraction of sp³-hybridized carbons (Fsp3) is 0.500. The molecule has 1 atom stereocenters. The largest absolute Gasteiger partial charge is 0.455 e. The van der Waals surface area contributed by atoms with Gasteiger partial charge in [-0.1, -0.05) is 26.0 Å². The number of ether oxygens (including phenoxy) is 1. The number of amides is 2. The van der Waals surface area contributed by atoms with Crippen LogP contribution in [0.15, 0.2) is 24.3 Å². The number of hydrogen-bond acceptors (Lipinski definition) is 4. The first-order valence-corrected chi connectivity index (χ1v) is 9.04. The molecule has 0 unspecified atom stereocenters. The molecule has 0 bridgehead atoms. The maximum atomic E-state index is 12.3. The van der Waals surface area contributed by atoms with E-state index in [0.717, 1.165) is 0 Å². The van der Waals surface area contributed by atoms with E-state index in [9.17, 15) is 14.4 Å². The zero-order valence-corrected chi connectivity index (χ0v) is 16.4. The van der Waals surface area contributed by atoms with E-state index in [1.807, 2.05) is 13.8 Å². The first-order valence-electron chi connectivity index (χ1n) is 8.29. The Balaban J connectivity index is 1.93. The van der Waals surface area contributed by atoms with Crippen molar-refractivity contribution in [1.82, 2.24) is 5.32 Å². The summed E-state index contributed by atoms with van der Waals surface area (Å²) in [5.41, 5.74) is -0.315. The molecule has 142 valence electrons. The van der Waals surface area contributed by atoms with Crippen LogP contribution in [0.5, 0.6) is 0 Å². The van der Waals surface area contributed by atoms with Crippen molar-refractivity contribution in [2.45, 2.75) is 31.5 Å². The van der Waals surface area contributed by atoms with Crippen LogP contribution in [-0.4, -0.2) is 35.3 Å². The van der Waals surface area contributed by atoms with Gasteiger partial charge in [0.25, 0.3) is 11.8 Å². The predicted octanol–water partition coefficient (Wildman–Crippen LogP) is 3.14. The smallest absolute Gasteiger partial charge is 0.315 e. The minimum atomic E-state index is -1.15. The molecule has 0 radical (unpaired) electrons. The molecule has 0 heterocycles. The lowest BCUT2D eigenvalue weighted by Crippen LogP contribution is -2.30. The lowest BCUT2D eigenvalue weighted by molar-refractivity contribution is -0.152. The van der Waals surface area contributed by atoms with E-state index in [1.165, 1.54) is 0 Å². The molecule has 1 aliphatic rings. The average molecular weight is 401 g/mol. The van der Waals surface area contributed by atoms with Crippen LogP contribution in [0.2, 0.25) is 0 Å². The Hall–Kier alpha value is -1.79. The van der Waals surface area contributed by atoms with Crippen molar-refractivity contribution in [3.05, 3.63) is 29.8 Å². The molecular formula is C18H22Cl2N2O4. The van der Waals surface area contributed by atoms with Gasteiger partial charge in [0.15, 0.2) is 6.61 Å². The van der Waals surface area contributed by atoms with Gasteiger partial charge in [0.1, 0.15) is 9.75 Å². The number of rotatable bonds is 7. The fourth-order valence-electron chi connectivity index (χ4n) is 2.28. The zero-order valence-electron chi connectivity index (χ0n) is 14.9. The normalized spacial score (nSPS) is 20.4. The van der Waals surface area contributed by atoms with Gasteiger partial charge in [-0.2, -0.15) is 0 Å². The van der Waals surface area contributed by atoms with Crippen molar-refractivity contribution in [2.75, 3.05) is 18.5 Å². The lowest BCUT2D eigenvalue weighted by Gasteiger charge is -2.14. The Morgan fingerprint density at radius 3 is 2.42 bits per heavy atom. The van der Waals surface area contributed by atoms with Gasteiger partial charge in [-0.3, -0.25) is 14.4 Å². The summed E-state index contributed by atoms with van der Waals surface area (Å²) < 4.78 is 3.85. The third-order valence-corrected chi connectivity index (χ3v) is 5.26. The quantitative estimate of drug-likeness (QED) is 0.543. The monoisotopic (exact) mass is 400 g/mol. The lowest BCUT2D eigenvalue weighted by atomic mass is 10.1. The second kappa shape index (κ2) is 7.84. The molecule has 2 N–H and O–H groups in total. The number of hydrogen-bond donors (Lipinski definition) is 2. The highest BCUT2D eigenvalue weighted by molar-refractivity contribution is 6.53. The number of anilines is 1. The number of esters is 1. The van der Waals surface area contributed by atoms with Crippen LogP contribution in [0.1, 0.15) is 37.6 Å². The minimum absolute atomic E-state index is 0.280. The maximum absolute atomic E-state index is 12.3. The standard InChI is InChI=1S/C18H22Cl2N2O4/c1-11(2)8-21-15(24)12-6-4-5-7-13(12)22-14(23)9-26-16(25)17(3)10-18(17,19)20/h4-7,11H,8-10H2,1-3H3,(H,21,24)(H,22,23)/t17-/m0/s1. The van der Waals surface area contributed by atoms with Crippen LogP contribution in [-0.2, 0) is 14.3 Å². The number of halogens is 2. The Kier molecular flexibility index (Phi) is 6.19. The summed E-state index contributed by atoms with van der Waals surface area (Å²) >= 11 is 11.8. The van der Waals surface area contributed by atoms with Crippen molar-refractivity contribution in [3.63, 3.8) is 0 Å². The Morgan fingerprint density at radius 2 is 1.85 bits per heavy atom. The van der Waals surface area contributed by atoms with Gasteiger partial charge in [-0.15, -0.1) is 23.2 Å². The number of para-hydroxylation sites is 1. The summed E-state index contributed by atoms with van der Waals surface area (Å²) in [6.45, 7) is 5.59. The highest BCUT2D eigenvalue weighted by atomic mass is 35.5. The van der Waals surface area contributed by atoms with Crippen LogP contribution in [0.25, 0.3) is 0 Å². The van der Waals surface area contributed by atoms with E-state index in [2.05, 4.69) is 10.6 Å². The van der Waals surface area contributed by atoms with Crippen LogP contribution >= 0.6 is 23.2 Å². The van der Waals surface area contributed by atoms with E-state index in [0.29, 0.717) is 23.7 Å². The third-order valence-electron chi connectivity index (χ3n) is 4.16. The summed E-state index contributed by atoms with van der Waals surface area (Å²) in [4.78, 5) is 36.3. The highest BCUT2D eigenvalue weighted by Crippen LogP contribution is 2.64. The highest BCUT2D eigenvalue weighted by Gasteiger charge is 2.69. The average Bonchev–Trinajstić information content (AvgIpc) is 3.10. The Morgan fingerprint density at radius 1 is 1.23 bits per heavy atom. The van der Waals surface area contributed by atoms with Crippen molar-refractivity contribution in [3.8, 4) is 0 Å². The molecule has 1 fully saturated rings. The molecule has 6 nitrogen and oxygen atoms in total. The summed E-state index contributed by atoms with van der Waals surface area (Å²) in [5.74, 6) is -1.16. The molecule has 0 aromatic heterocycles. The molecule has 26 heavy (non-hydrogen) atoms. The Bertz CT molecular complexity index is 721. The summed E-state index contributed by atoms with van der Waals surface area (Å²) in [6.07, 6.45) is 0.280. The summed E-state index contributed by atoms with van der Waals surface area (Å²) in [5, 5.41) is 5.38. The molecule has 8 heteroatoms. The molecule has 1 aliphatic carbocycles. The zero-order chi connectivity index (χ0) is 19.5. The first-order chi connectivity index (χ1) is 12.1. The van der Waals surface area contributed by atoms with Crippen LogP contribution in [0.3, 0.4) is 0 Å². The maximum Gasteiger partial charge on any atom is 0.315 e. The van der Waals surface area contributed by atoms with Crippen LogP contribution in [0, 0.1) is 11.3 Å². The summed E-state index contributed by atoms with van der Waals surface area (Å²) in [7, 11) is 0. The minimum Gasteiger partial charge on any atom is -0.455 e.